The summed E-state index contributed by atoms with van der Waals surface area (Å²) in [4.78, 5) is 13.1. The summed E-state index contributed by atoms with van der Waals surface area (Å²) in [6.45, 7) is 2.57. The first-order valence-electron chi connectivity index (χ1n) is 6.36. The van der Waals surface area contributed by atoms with Crippen molar-refractivity contribution in [3.63, 3.8) is 0 Å². The summed E-state index contributed by atoms with van der Waals surface area (Å²) in [6, 6.07) is 4.95. The number of hydrogen-bond acceptors (Lipinski definition) is 1. The van der Waals surface area contributed by atoms with E-state index in [2.05, 4.69) is 15.9 Å². The van der Waals surface area contributed by atoms with E-state index in [0.29, 0.717) is 10.9 Å². The van der Waals surface area contributed by atoms with Gasteiger partial charge in [0.15, 0.2) is 0 Å². The van der Waals surface area contributed by atoms with Crippen LogP contribution in [0.4, 0.5) is 13.2 Å². The van der Waals surface area contributed by atoms with Crippen molar-refractivity contribution < 1.29 is 18.0 Å². The van der Waals surface area contributed by atoms with Crippen molar-refractivity contribution in [1.29, 1.82) is 0 Å². The van der Waals surface area contributed by atoms with E-state index in [1.54, 1.807) is 25.1 Å². The largest absolute Gasteiger partial charge is 0.406 e. The molecular formula is C14H17BrF3NO. The van der Waals surface area contributed by atoms with Crippen LogP contribution in [-0.2, 0) is 0 Å². The molecule has 0 saturated heterocycles. The highest BCUT2D eigenvalue weighted by Gasteiger charge is 2.33. The Bertz CT molecular complexity index is 454. The molecule has 0 bridgehead atoms. The SMILES string of the molecule is CCCCN(CC(F)(F)F)C(=O)c1cc(C)cc(Br)c1. The number of aryl methyl sites for hydroxylation is 1. The first kappa shape index (κ1) is 17.0. The van der Waals surface area contributed by atoms with Crippen molar-refractivity contribution in [2.45, 2.75) is 32.9 Å². The van der Waals surface area contributed by atoms with Gasteiger partial charge in [0.1, 0.15) is 6.54 Å². The molecule has 1 aromatic rings. The molecule has 0 radical (unpaired) electrons. The van der Waals surface area contributed by atoms with Gasteiger partial charge in [-0.25, -0.2) is 0 Å². The van der Waals surface area contributed by atoms with Crippen LogP contribution in [-0.4, -0.2) is 30.1 Å². The molecule has 1 amide bonds. The van der Waals surface area contributed by atoms with E-state index in [4.69, 9.17) is 0 Å². The minimum absolute atomic E-state index is 0.112. The molecule has 0 saturated carbocycles. The normalized spacial score (nSPS) is 11.5. The van der Waals surface area contributed by atoms with Crippen molar-refractivity contribution in [1.82, 2.24) is 4.90 Å². The van der Waals surface area contributed by atoms with Gasteiger partial charge in [0.25, 0.3) is 5.91 Å². The molecule has 1 rings (SSSR count). The third-order valence-electron chi connectivity index (χ3n) is 2.73. The van der Waals surface area contributed by atoms with Gasteiger partial charge in [0.05, 0.1) is 0 Å². The molecule has 0 unspecified atom stereocenters. The summed E-state index contributed by atoms with van der Waals surface area (Å²) in [5.74, 6) is -0.583. The van der Waals surface area contributed by atoms with Crippen LogP contribution < -0.4 is 0 Å². The monoisotopic (exact) mass is 351 g/mol. The fourth-order valence-corrected chi connectivity index (χ4v) is 2.47. The molecule has 0 aliphatic heterocycles. The quantitative estimate of drug-likeness (QED) is 0.761. The molecule has 112 valence electrons. The number of unbranched alkanes of at least 4 members (excludes halogenated alkanes) is 1. The molecule has 0 N–H and O–H groups in total. The number of amides is 1. The first-order chi connectivity index (χ1) is 9.23. The molecule has 0 aliphatic carbocycles. The molecule has 0 aromatic heterocycles. The standard InChI is InChI=1S/C14H17BrF3NO/c1-3-4-5-19(9-14(16,17)18)13(20)11-6-10(2)7-12(15)8-11/h6-8H,3-5,9H2,1-2H3. The molecule has 1 aromatic carbocycles. The predicted octanol–water partition coefficient (Wildman–Crippen LogP) is 4.56. The van der Waals surface area contributed by atoms with Gasteiger partial charge in [0, 0.05) is 16.6 Å². The maximum Gasteiger partial charge on any atom is 0.406 e. The summed E-state index contributed by atoms with van der Waals surface area (Å²) in [7, 11) is 0. The van der Waals surface area contributed by atoms with E-state index in [-0.39, 0.29) is 12.1 Å². The lowest BCUT2D eigenvalue weighted by Gasteiger charge is -2.24. The third-order valence-corrected chi connectivity index (χ3v) is 3.19. The number of halogens is 4. The number of hydrogen-bond donors (Lipinski definition) is 0. The Kier molecular flexibility index (Phi) is 6.05. The Morgan fingerprint density at radius 1 is 1.30 bits per heavy atom. The highest BCUT2D eigenvalue weighted by Crippen LogP contribution is 2.21. The number of rotatable bonds is 5. The minimum Gasteiger partial charge on any atom is -0.330 e. The zero-order valence-corrected chi connectivity index (χ0v) is 13.0. The zero-order valence-electron chi connectivity index (χ0n) is 11.4. The van der Waals surface area contributed by atoms with Crippen molar-refractivity contribution in [3.05, 3.63) is 33.8 Å². The Balaban J connectivity index is 2.96. The van der Waals surface area contributed by atoms with Gasteiger partial charge in [-0.1, -0.05) is 29.3 Å². The van der Waals surface area contributed by atoms with Crippen LogP contribution in [0.15, 0.2) is 22.7 Å². The van der Waals surface area contributed by atoms with Gasteiger partial charge in [0.2, 0.25) is 0 Å². The molecular weight excluding hydrogens is 335 g/mol. The third kappa shape index (κ3) is 5.53. The molecule has 20 heavy (non-hydrogen) atoms. The van der Waals surface area contributed by atoms with Gasteiger partial charge in [-0.3, -0.25) is 4.79 Å². The van der Waals surface area contributed by atoms with Gasteiger partial charge in [-0.2, -0.15) is 13.2 Å². The Labute approximate surface area is 125 Å². The summed E-state index contributed by atoms with van der Waals surface area (Å²) >= 11 is 3.25. The Morgan fingerprint density at radius 3 is 2.45 bits per heavy atom. The van der Waals surface area contributed by atoms with Crippen LogP contribution in [0.25, 0.3) is 0 Å². The van der Waals surface area contributed by atoms with Crippen LogP contribution in [0.3, 0.4) is 0 Å². The predicted molar refractivity (Wildman–Crippen MR) is 75.7 cm³/mol. The number of benzene rings is 1. The van der Waals surface area contributed by atoms with E-state index in [0.717, 1.165) is 16.9 Å². The van der Waals surface area contributed by atoms with Crippen LogP contribution >= 0.6 is 15.9 Å². The van der Waals surface area contributed by atoms with Crippen molar-refractivity contribution in [3.8, 4) is 0 Å². The second kappa shape index (κ2) is 7.11. The molecule has 0 heterocycles. The van der Waals surface area contributed by atoms with Gasteiger partial charge < -0.3 is 4.90 Å². The van der Waals surface area contributed by atoms with Crippen LogP contribution in [0.2, 0.25) is 0 Å². The number of nitrogens with zero attached hydrogens (tertiary/aromatic N) is 1. The van der Waals surface area contributed by atoms with E-state index < -0.39 is 18.6 Å². The topological polar surface area (TPSA) is 20.3 Å². The summed E-state index contributed by atoms with van der Waals surface area (Å²) < 4.78 is 38.4. The van der Waals surface area contributed by atoms with Gasteiger partial charge >= 0.3 is 6.18 Å². The van der Waals surface area contributed by atoms with E-state index >= 15 is 0 Å². The lowest BCUT2D eigenvalue weighted by atomic mass is 10.1. The fraction of sp³-hybridized carbons (Fsp3) is 0.500. The molecule has 0 fully saturated rings. The smallest absolute Gasteiger partial charge is 0.330 e. The van der Waals surface area contributed by atoms with E-state index in [1.165, 1.54) is 0 Å². The number of carbonyl (C=O) groups is 1. The average molecular weight is 352 g/mol. The summed E-state index contributed by atoms with van der Waals surface area (Å²) in [5, 5.41) is 0. The molecule has 0 aliphatic rings. The number of alkyl halides is 3. The van der Waals surface area contributed by atoms with Crippen molar-refractivity contribution >= 4 is 21.8 Å². The Morgan fingerprint density at radius 2 is 1.95 bits per heavy atom. The molecule has 6 heteroatoms. The van der Waals surface area contributed by atoms with Crippen molar-refractivity contribution in [2.24, 2.45) is 0 Å². The Hall–Kier alpha value is -1.04. The van der Waals surface area contributed by atoms with Crippen molar-refractivity contribution in [2.75, 3.05) is 13.1 Å². The molecule has 2 nitrogen and oxygen atoms in total. The average Bonchev–Trinajstić information content (AvgIpc) is 2.31. The lowest BCUT2D eigenvalue weighted by molar-refractivity contribution is -0.140. The fourth-order valence-electron chi connectivity index (χ4n) is 1.86. The summed E-state index contributed by atoms with van der Waals surface area (Å²) in [6.07, 6.45) is -3.10. The summed E-state index contributed by atoms with van der Waals surface area (Å²) in [5.41, 5.74) is 1.10. The number of carbonyl (C=O) groups excluding carboxylic acids is 1. The maximum absolute atomic E-state index is 12.6. The maximum atomic E-state index is 12.6. The lowest BCUT2D eigenvalue weighted by Crippen LogP contribution is -2.39. The second-order valence-electron chi connectivity index (χ2n) is 4.71. The zero-order chi connectivity index (χ0) is 15.3. The van der Waals surface area contributed by atoms with Crippen LogP contribution in [0.1, 0.15) is 35.7 Å². The van der Waals surface area contributed by atoms with E-state index in [9.17, 15) is 18.0 Å². The van der Waals surface area contributed by atoms with Crippen LogP contribution in [0, 0.1) is 6.92 Å². The minimum atomic E-state index is -4.38. The molecule has 0 spiro atoms. The molecule has 0 atom stereocenters. The van der Waals surface area contributed by atoms with Crippen LogP contribution in [0.5, 0.6) is 0 Å². The first-order valence-corrected chi connectivity index (χ1v) is 7.15. The van der Waals surface area contributed by atoms with E-state index in [1.807, 2.05) is 6.92 Å². The van der Waals surface area contributed by atoms with Gasteiger partial charge in [-0.15, -0.1) is 0 Å². The highest BCUT2D eigenvalue weighted by molar-refractivity contribution is 9.10. The van der Waals surface area contributed by atoms with Gasteiger partial charge in [-0.05, 0) is 37.1 Å². The second-order valence-corrected chi connectivity index (χ2v) is 5.63. The highest BCUT2D eigenvalue weighted by atomic mass is 79.9.